The maximum absolute atomic E-state index is 6.35. The first-order chi connectivity index (χ1) is 10.2. The molecule has 0 radical (unpaired) electrons. The normalized spacial score (nSPS) is 19.6. The van der Waals surface area contributed by atoms with Crippen molar-refractivity contribution >= 4 is 11.6 Å². The van der Waals surface area contributed by atoms with Gasteiger partial charge in [0, 0.05) is 13.2 Å². The Balaban J connectivity index is 2.27. The molecule has 0 bridgehead atoms. The Morgan fingerprint density at radius 1 is 1.43 bits per heavy atom. The number of nitrogens with zero attached hydrogens (tertiary/aromatic N) is 2. The van der Waals surface area contributed by atoms with Crippen molar-refractivity contribution in [3.63, 3.8) is 0 Å². The van der Waals surface area contributed by atoms with Crippen LogP contribution in [0, 0.1) is 5.92 Å². The Labute approximate surface area is 132 Å². The molecule has 5 nitrogen and oxygen atoms in total. The van der Waals surface area contributed by atoms with Gasteiger partial charge in [0.1, 0.15) is 0 Å². The molecule has 0 spiro atoms. The molecule has 3 N–H and O–H groups in total. The second-order valence-corrected chi connectivity index (χ2v) is 6.06. The van der Waals surface area contributed by atoms with Crippen LogP contribution in [0.3, 0.4) is 0 Å². The number of aryl methyl sites for hydroxylation is 1. The molecular weight excluding hydrogens is 288 g/mol. The lowest BCUT2D eigenvalue weighted by atomic mass is 9.82. The first-order valence-corrected chi connectivity index (χ1v) is 8.39. The Morgan fingerprint density at radius 2 is 2.14 bits per heavy atom. The summed E-state index contributed by atoms with van der Waals surface area (Å²) in [6, 6.07) is -0.122. The van der Waals surface area contributed by atoms with E-state index >= 15 is 0 Å². The van der Waals surface area contributed by atoms with E-state index in [4.69, 9.17) is 22.2 Å². The summed E-state index contributed by atoms with van der Waals surface area (Å²) < 4.78 is 7.98. The highest BCUT2D eigenvalue weighted by atomic mass is 35.5. The second-order valence-electron chi connectivity index (χ2n) is 5.66. The third-order valence-electron chi connectivity index (χ3n) is 4.41. The van der Waals surface area contributed by atoms with Crippen molar-refractivity contribution in [3.8, 4) is 0 Å². The Kier molecular flexibility index (Phi) is 6.48. The maximum atomic E-state index is 6.35. The molecule has 0 saturated heterocycles. The van der Waals surface area contributed by atoms with Gasteiger partial charge in [-0.2, -0.15) is 5.10 Å². The molecular formula is C15H27ClN4O. The molecule has 0 aliphatic heterocycles. The van der Waals surface area contributed by atoms with Gasteiger partial charge in [0.05, 0.1) is 29.1 Å². The molecule has 1 saturated carbocycles. The average molecular weight is 315 g/mol. The molecule has 0 aromatic carbocycles. The summed E-state index contributed by atoms with van der Waals surface area (Å²) in [5, 5.41) is 4.98. The van der Waals surface area contributed by atoms with Gasteiger partial charge in [0.25, 0.3) is 0 Å². The van der Waals surface area contributed by atoms with Crippen molar-refractivity contribution in [1.29, 1.82) is 0 Å². The van der Waals surface area contributed by atoms with E-state index in [0.29, 0.717) is 17.5 Å². The first-order valence-electron chi connectivity index (χ1n) is 8.01. The monoisotopic (exact) mass is 314 g/mol. The van der Waals surface area contributed by atoms with E-state index in [1.165, 1.54) is 32.1 Å². The summed E-state index contributed by atoms with van der Waals surface area (Å²) in [5.74, 6) is 6.39. The third kappa shape index (κ3) is 3.77. The van der Waals surface area contributed by atoms with Crippen LogP contribution in [0.15, 0.2) is 6.20 Å². The highest BCUT2D eigenvalue weighted by Crippen LogP contribution is 2.36. The lowest BCUT2D eigenvalue weighted by Gasteiger charge is -2.35. The molecule has 1 aliphatic carbocycles. The number of hydrogen-bond donors (Lipinski definition) is 2. The molecule has 1 aromatic heterocycles. The van der Waals surface area contributed by atoms with Gasteiger partial charge in [-0.05, 0) is 32.6 Å². The zero-order valence-corrected chi connectivity index (χ0v) is 13.8. The Morgan fingerprint density at radius 3 is 2.71 bits per heavy atom. The molecule has 120 valence electrons. The summed E-state index contributed by atoms with van der Waals surface area (Å²) in [6.07, 6.45) is 7.98. The minimum Gasteiger partial charge on any atom is -0.376 e. The molecule has 2 unspecified atom stereocenters. The topological polar surface area (TPSA) is 65.1 Å². The first kappa shape index (κ1) is 16.7. The number of rotatable bonds is 7. The maximum Gasteiger partial charge on any atom is 0.0908 e. The molecule has 0 amide bonds. The quantitative estimate of drug-likeness (QED) is 0.599. The van der Waals surface area contributed by atoms with Crippen LogP contribution in [0.2, 0.25) is 5.02 Å². The molecule has 21 heavy (non-hydrogen) atoms. The average Bonchev–Trinajstić information content (AvgIpc) is 2.89. The van der Waals surface area contributed by atoms with Gasteiger partial charge in [0.15, 0.2) is 0 Å². The fourth-order valence-corrected chi connectivity index (χ4v) is 3.68. The molecule has 1 heterocycles. The highest BCUT2D eigenvalue weighted by Gasteiger charge is 2.34. The lowest BCUT2D eigenvalue weighted by molar-refractivity contribution is -0.0202. The number of hydrogen-bond acceptors (Lipinski definition) is 4. The van der Waals surface area contributed by atoms with Gasteiger partial charge in [-0.15, -0.1) is 0 Å². The zero-order valence-electron chi connectivity index (χ0n) is 13.0. The van der Waals surface area contributed by atoms with E-state index in [1.54, 1.807) is 6.20 Å². The van der Waals surface area contributed by atoms with Crippen molar-refractivity contribution in [1.82, 2.24) is 15.2 Å². The van der Waals surface area contributed by atoms with Crippen molar-refractivity contribution in [3.05, 3.63) is 16.9 Å². The summed E-state index contributed by atoms with van der Waals surface area (Å²) in [5.41, 5.74) is 3.87. The van der Waals surface area contributed by atoms with E-state index in [-0.39, 0.29) is 12.1 Å². The van der Waals surface area contributed by atoms with Crippen molar-refractivity contribution in [2.24, 2.45) is 11.8 Å². The van der Waals surface area contributed by atoms with Crippen LogP contribution in [-0.2, 0) is 11.3 Å². The van der Waals surface area contributed by atoms with Crippen LogP contribution in [0.4, 0.5) is 0 Å². The fourth-order valence-electron chi connectivity index (χ4n) is 3.42. The summed E-state index contributed by atoms with van der Waals surface area (Å²) in [6.45, 7) is 5.53. The van der Waals surface area contributed by atoms with Gasteiger partial charge < -0.3 is 4.74 Å². The third-order valence-corrected chi connectivity index (χ3v) is 4.70. The zero-order chi connectivity index (χ0) is 15.2. The highest BCUT2D eigenvalue weighted by molar-refractivity contribution is 6.31. The molecule has 2 atom stereocenters. The van der Waals surface area contributed by atoms with Gasteiger partial charge in [0.2, 0.25) is 0 Å². The Hall–Kier alpha value is -0.620. The van der Waals surface area contributed by atoms with Crippen molar-refractivity contribution in [2.45, 2.75) is 64.6 Å². The molecule has 6 heteroatoms. The van der Waals surface area contributed by atoms with Gasteiger partial charge in [-0.1, -0.05) is 30.9 Å². The van der Waals surface area contributed by atoms with Gasteiger partial charge in [-0.3, -0.25) is 10.5 Å². The molecule has 1 fully saturated rings. The molecule has 2 rings (SSSR count). The summed E-state index contributed by atoms with van der Waals surface area (Å²) >= 11 is 6.35. The van der Waals surface area contributed by atoms with Gasteiger partial charge >= 0.3 is 0 Å². The van der Waals surface area contributed by atoms with E-state index in [0.717, 1.165) is 12.2 Å². The van der Waals surface area contributed by atoms with Crippen molar-refractivity contribution in [2.75, 3.05) is 6.61 Å². The van der Waals surface area contributed by atoms with Crippen LogP contribution in [0.1, 0.15) is 57.7 Å². The minimum atomic E-state index is -0.122. The lowest BCUT2D eigenvalue weighted by Crippen LogP contribution is -2.43. The predicted octanol–water partition coefficient (Wildman–Crippen LogP) is 3.05. The summed E-state index contributed by atoms with van der Waals surface area (Å²) in [4.78, 5) is 0. The van der Waals surface area contributed by atoms with Crippen LogP contribution >= 0.6 is 11.6 Å². The number of halogens is 1. The largest absolute Gasteiger partial charge is 0.376 e. The van der Waals surface area contributed by atoms with Crippen LogP contribution in [0.25, 0.3) is 0 Å². The second kappa shape index (κ2) is 8.13. The smallest absolute Gasteiger partial charge is 0.0908 e. The van der Waals surface area contributed by atoms with E-state index in [2.05, 4.69) is 17.4 Å². The van der Waals surface area contributed by atoms with E-state index in [9.17, 15) is 0 Å². The number of ether oxygens (including phenoxy) is 1. The van der Waals surface area contributed by atoms with E-state index in [1.807, 2.05) is 11.6 Å². The molecule has 1 aromatic rings. The van der Waals surface area contributed by atoms with Crippen LogP contribution in [-0.4, -0.2) is 22.5 Å². The van der Waals surface area contributed by atoms with Crippen molar-refractivity contribution < 1.29 is 4.74 Å². The Bertz CT molecular complexity index is 431. The van der Waals surface area contributed by atoms with E-state index < -0.39 is 0 Å². The molecule has 1 aliphatic rings. The van der Waals surface area contributed by atoms with Crippen LogP contribution < -0.4 is 11.3 Å². The summed E-state index contributed by atoms with van der Waals surface area (Å²) in [7, 11) is 0. The number of hydrazine groups is 1. The SMILES string of the molecule is CCOC(C1CCCCC1)C(NN)c1c(Cl)cnn1CC. The number of aromatic nitrogens is 2. The van der Waals surface area contributed by atoms with Crippen LogP contribution in [0.5, 0.6) is 0 Å². The predicted molar refractivity (Wildman–Crippen MR) is 85.0 cm³/mol. The standard InChI is InChI=1S/C15H27ClN4O/c1-3-20-14(12(16)10-18-20)13(19-17)15(21-4-2)11-8-6-5-7-9-11/h10-11,13,15,19H,3-9,17H2,1-2H3. The number of nitrogens with two attached hydrogens (primary N) is 1. The number of nitrogens with one attached hydrogen (secondary N) is 1. The fraction of sp³-hybridized carbons (Fsp3) is 0.800. The minimum absolute atomic E-state index is 0.0415. The van der Waals surface area contributed by atoms with Gasteiger partial charge in [-0.25, -0.2) is 5.43 Å².